The third-order valence-corrected chi connectivity index (χ3v) is 2.34. The van der Waals surface area contributed by atoms with E-state index in [9.17, 15) is 9.59 Å². The fraction of sp³-hybridized carbons (Fsp3) is 0.818. The molecule has 0 radical (unpaired) electrons. The Morgan fingerprint density at radius 2 is 1.88 bits per heavy atom. The van der Waals surface area contributed by atoms with Crippen LogP contribution in [0.3, 0.4) is 0 Å². The van der Waals surface area contributed by atoms with Crippen molar-refractivity contribution in [1.29, 1.82) is 0 Å². The third-order valence-electron chi connectivity index (χ3n) is 2.34. The highest BCUT2D eigenvalue weighted by Gasteiger charge is 2.22. The number of carbonyl (C=O) groups excluding carboxylic acids is 2. The van der Waals surface area contributed by atoms with Crippen LogP contribution in [-0.4, -0.2) is 35.7 Å². The Morgan fingerprint density at radius 3 is 2.29 bits per heavy atom. The van der Waals surface area contributed by atoms with E-state index in [0.717, 1.165) is 0 Å². The van der Waals surface area contributed by atoms with E-state index in [0.29, 0.717) is 19.4 Å². The number of nitrogens with two attached hydrogens (primary N) is 1. The van der Waals surface area contributed by atoms with E-state index in [1.54, 1.807) is 6.92 Å². The van der Waals surface area contributed by atoms with Gasteiger partial charge in [0.15, 0.2) is 0 Å². The zero-order valence-corrected chi connectivity index (χ0v) is 10.7. The molecule has 0 aromatic rings. The summed E-state index contributed by atoms with van der Waals surface area (Å²) >= 11 is 0. The highest BCUT2D eigenvalue weighted by atomic mass is 16.3. The maximum Gasteiger partial charge on any atom is 0.312 e. The van der Waals surface area contributed by atoms with Gasteiger partial charge in [0.05, 0.1) is 6.10 Å². The number of nitrogens with one attached hydrogen (secondary N) is 2. The first-order valence-electron chi connectivity index (χ1n) is 5.86. The molecule has 100 valence electrons. The summed E-state index contributed by atoms with van der Waals surface area (Å²) in [7, 11) is 0. The predicted molar refractivity (Wildman–Crippen MR) is 65.3 cm³/mol. The SMILES string of the molecule is CC(O)CCCNC(=O)C(NC(N)=O)C(C)C. The highest BCUT2D eigenvalue weighted by Crippen LogP contribution is 2.02. The lowest BCUT2D eigenvalue weighted by Crippen LogP contribution is -2.51. The maximum atomic E-state index is 11.7. The van der Waals surface area contributed by atoms with Gasteiger partial charge in [-0.2, -0.15) is 0 Å². The Labute approximate surface area is 102 Å². The first-order chi connectivity index (χ1) is 7.84. The molecule has 0 spiro atoms. The second-order valence-corrected chi connectivity index (χ2v) is 4.51. The number of aliphatic hydroxyl groups is 1. The highest BCUT2D eigenvalue weighted by molar-refractivity contribution is 5.86. The van der Waals surface area contributed by atoms with Crippen LogP contribution in [0, 0.1) is 5.92 Å². The Hall–Kier alpha value is -1.30. The van der Waals surface area contributed by atoms with E-state index in [-0.39, 0.29) is 17.9 Å². The molecule has 0 saturated heterocycles. The van der Waals surface area contributed by atoms with Crippen molar-refractivity contribution < 1.29 is 14.7 Å². The molecule has 17 heavy (non-hydrogen) atoms. The number of urea groups is 1. The van der Waals surface area contributed by atoms with Crippen LogP contribution in [0.1, 0.15) is 33.6 Å². The first-order valence-corrected chi connectivity index (χ1v) is 5.86. The molecule has 0 fully saturated rings. The molecule has 0 bridgehead atoms. The van der Waals surface area contributed by atoms with Gasteiger partial charge >= 0.3 is 6.03 Å². The minimum absolute atomic E-state index is 0.0285. The van der Waals surface area contributed by atoms with Crippen molar-refractivity contribution in [3.8, 4) is 0 Å². The summed E-state index contributed by atoms with van der Waals surface area (Å²) in [6.07, 6.45) is 0.970. The molecule has 6 heteroatoms. The number of primary amides is 1. The molecule has 3 amide bonds. The predicted octanol–water partition coefficient (Wildman–Crippen LogP) is -0.0435. The lowest BCUT2D eigenvalue weighted by molar-refractivity contribution is -0.123. The molecule has 0 aliphatic carbocycles. The van der Waals surface area contributed by atoms with Crippen molar-refractivity contribution in [3.63, 3.8) is 0 Å². The number of carbonyl (C=O) groups is 2. The standard InChI is InChI=1S/C11H23N3O3/c1-7(2)9(14-11(12)17)10(16)13-6-4-5-8(3)15/h7-9,15H,4-6H2,1-3H3,(H,13,16)(H3,12,14,17). The van der Waals surface area contributed by atoms with Crippen LogP contribution in [0.2, 0.25) is 0 Å². The van der Waals surface area contributed by atoms with Gasteiger partial charge in [-0.3, -0.25) is 4.79 Å². The first kappa shape index (κ1) is 15.7. The minimum atomic E-state index is -0.706. The average Bonchev–Trinajstić information content (AvgIpc) is 2.19. The summed E-state index contributed by atoms with van der Waals surface area (Å²) in [5, 5.41) is 14.2. The lowest BCUT2D eigenvalue weighted by atomic mass is 10.0. The number of rotatable bonds is 7. The van der Waals surface area contributed by atoms with Crippen molar-refractivity contribution in [3.05, 3.63) is 0 Å². The maximum absolute atomic E-state index is 11.7. The third kappa shape index (κ3) is 7.57. The number of hydrogen-bond donors (Lipinski definition) is 4. The number of amides is 3. The van der Waals surface area contributed by atoms with E-state index in [2.05, 4.69) is 10.6 Å². The van der Waals surface area contributed by atoms with Crippen molar-refractivity contribution in [1.82, 2.24) is 10.6 Å². The quantitative estimate of drug-likeness (QED) is 0.473. The molecular formula is C11H23N3O3. The molecular weight excluding hydrogens is 222 g/mol. The van der Waals surface area contributed by atoms with Crippen LogP contribution in [0.4, 0.5) is 4.79 Å². The molecule has 0 rings (SSSR count). The van der Waals surface area contributed by atoms with E-state index >= 15 is 0 Å². The van der Waals surface area contributed by atoms with Crippen LogP contribution in [-0.2, 0) is 4.79 Å². The Morgan fingerprint density at radius 1 is 1.29 bits per heavy atom. The smallest absolute Gasteiger partial charge is 0.312 e. The van der Waals surface area contributed by atoms with Gasteiger partial charge in [-0.15, -0.1) is 0 Å². The van der Waals surface area contributed by atoms with Gasteiger partial charge in [-0.1, -0.05) is 13.8 Å². The average molecular weight is 245 g/mol. The van der Waals surface area contributed by atoms with Crippen molar-refractivity contribution in [2.45, 2.75) is 45.8 Å². The van der Waals surface area contributed by atoms with Gasteiger partial charge in [0, 0.05) is 6.54 Å². The fourth-order valence-electron chi connectivity index (χ4n) is 1.41. The zero-order chi connectivity index (χ0) is 13.4. The van der Waals surface area contributed by atoms with Gasteiger partial charge < -0.3 is 21.5 Å². The largest absolute Gasteiger partial charge is 0.393 e. The van der Waals surface area contributed by atoms with E-state index in [4.69, 9.17) is 10.8 Å². The molecule has 5 N–H and O–H groups in total. The number of hydrogen-bond acceptors (Lipinski definition) is 3. The Kier molecular flexibility index (Phi) is 7.29. The minimum Gasteiger partial charge on any atom is -0.393 e. The molecule has 0 aliphatic heterocycles. The summed E-state index contributed by atoms with van der Waals surface area (Å²) in [4.78, 5) is 22.5. The summed E-state index contributed by atoms with van der Waals surface area (Å²) in [5.74, 6) is -0.274. The normalized spacial score (nSPS) is 14.2. The molecule has 0 aromatic heterocycles. The van der Waals surface area contributed by atoms with E-state index in [1.165, 1.54) is 0 Å². The summed E-state index contributed by atoms with van der Waals surface area (Å²) in [6, 6.07) is -1.32. The van der Waals surface area contributed by atoms with Crippen molar-refractivity contribution >= 4 is 11.9 Å². The van der Waals surface area contributed by atoms with Gasteiger partial charge in [0.1, 0.15) is 6.04 Å². The van der Waals surface area contributed by atoms with E-state index < -0.39 is 12.1 Å². The fourth-order valence-corrected chi connectivity index (χ4v) is 1.41. The van der Waals surface area contributed by atoms with Crippen LogP contribution >= 0.6 is 0 Å². The molecule has 0 aliphatic rings. The molecule has 0 aromatic carbocycles. The van der Waals surface area contributed by atoms with Crippen molar-refractivity contribution in [2.24, 2.45) is 11.7 Å². The lowest BCUT2D eigenvalue weighted by Gasteiger charge is -2.20. The molecule has 2 unspecified atom stereocenters. The second-order valence-electron chi connectivity index (χ2n) is 4.51. The molecule has 6 nitrogen and oxygen atoms in total. The van der Waals surface area contributed by atoms with Crippen molar-refractivity contribution in [2.75, 3.05) is 6.54 Å². The van der Waals surface area contributed by atoms with Crippen LogP contribution in [0.15, 0.2) is 0 Å². The second kappa shape index (κ2) is 7.89. The van der Waals surface area contributed by atoms with E-state index in [1.807, 2.05) is 13.8 Å². The van der Waals surface area contributed by atoms with Crippen LogP contribution < -0.4 is 16.4 Å². The Balaban J connectivity index is 4.02. The van der Waals surface area contributed by atoms with Gasteiger partial charge in [-0.05, 0) is 25.7 Å². The number of aliphatic hydroxyl groups excluding tert-OH is 1. The molecule has 0 saturated carbocycles. The van der Waals surface area contributed by atoms with Crippen LogP contribution in [0.25, 0.3) is 0 Å². The van der Waals surface area contributed by atoms with Gasteiger partial charge in [0.25, 0.3) is 0 Å². The summed E-state index contributed by atoms with van der Waals surface area (Å²) < 4.78 is 0. The Bertz CT molecular complexity index is 254. The molecule has 0 heterocycles. The van der Waals surface area contributed by atoms with Gasteiger partial charge in [-0.25, -0.2) is 4.79 Å². The van der Waals surface area contributed by atoms with Crippen LogP contribution in [0.5, 0.6) is 0 Å². The summed E-state index contributed by atoms with van der Waals surface area (Å²) in [6.45, 7) is 5.84. The summed E-state index contributed by atoms with van der Waals surface area (Å²) in [5.41, 5.74) is 5.00. The molecule has 2 atom stereocenters. The monoisotopic (exact) mass is 245 g/mol. The topological polar surface area (TPSA) is 104 Å². The zero-order valence-electron chi connectivity index (χ0n) is 10.7. The van der Waals surface area contributed by atoms with Gasteiger partial charge in [0.2, 0.25) is 5.91 Å².